The molecule has 0 amide bonds. The number of hydrogen-bond acceptors (Lipinski definition) is 4. The van der Waals surface area contributed by atoms with Crippen molar-refractivity contribution in [2.75, 3.05) is 13.7 Å². The predicted octanol–water partition coefficient (Wildman–Crippen LogP) is 1.47. The van der Waals surface area contributed by atoms with Crippen molar-refractivity contribution in [3.05, 3.63) is 0 Å². The van der Waals surface area contributed by atoms with Gasteiger partial charge in [0.15, 0.2) is 0 Å². The average Bonchev–Trinajstić information content (AvgIpc) is 2.16. The number of methoxy groups -OCH3 is 1. The van der Waals surface area contributed by atoms with Crippen molar-refractivity contribution in [1.29, 1.82) is 0 Å². The molecule has 0 aromatic carbocycles. The normalized spacial score (nSPS) is 15.9. The quantitative estimate of drug-likeness (QED) is 0.684. The van der Waals surface area contributed by atoms with E-state index >= 15 is 0 Å². The molecule has 0 rings (SSSR count). The molecule has 0 bridgehead atoms. The van der Waals surface area contributed by atoms with Gasteiger partial charge in [-0.25, -0.2) is 0 Å². The van der Waals surface area contributed by atoms with Crippen LogP contribution in [0.3, 0.4) is 0 Å². The Morgan fingerprint density at radius 2 is 1.87 bits per heavy atom. The van der Waals surface area contributed by atoms with E-state index < -0.39 is 11.5 Å². The molecule has 0 aromatic rings. The van der Waals surface area contributed by atoms with Crippen molar-refractivity contribution in [3.8, 4) is 0 Å². The van der Waals surface area contributed by atoms with Crippen LogP contribution in [-0.2, 0) is 14.3 Å². The summed E-state index contributed by atoms with van der Waals surface area (Å²) in [6.45, 7) is 8.20. The van der Waals surface area contributed by atoms with Crippen LogP contribution in [0.15, 0.2) is 0 Å². The van der Waals surface area contributed by atoms with Crippen LogP contribution >= 0.6 is 0 Å². The summed E-state index contributed by atoms with van der Waals surface area (Å²) in [5.74, 6) is -0.402. The van der Waals surface area contributed by atoms with Crippen molar-refractivity contribution in [3.63, 3.8) is 0 Å². The van der Waals surface area contributed by atoms with E-state index in [0.29, 0.717) is 13.0 Å². The molecule has 0 saturated heterocycles. The van der Waals surface area contributed by atoms with Gasteiger partial charge >= 0.3 is 5.97 Å². The fourth-order valence-corrected chi connectivity index (χ4v) is 0.977. The summed E-state index contributed by atoms with van der Waals surface area (Å²) in [5.41, 5.74) is 4.67. The third-order valence-electron chi connectivity index (χ3n) is 2.62. The van der Waals surface area contributed by atoms with Crippen LogP contribution in [0.25, 0.3) is 0 Å². The van der Waals surface area contributed by atoms with Gasteiger partial charge in [0.2, 0.25) is 0 Å². The Hall–Kier alpha value is -0.610. The predicted molar refractivity (Wildman–Crippen MR) is 59.5 cm³/mol. The molecule has 0 aliphatic rings. The van der Waals surface area contributed by atoms with Crippen LogP contribution in [0.5, 0.6) is 0 Å². The molecule has 4 heteroatoms. The molecule has 0 saturated carbocycles. The molecule has 0 aromatic heterocycles. The van der Waals surface area contributed by atoms with Crippen molar-refractivity contribution in [2.24, 2.45) is 5.73 Å². The fraction of sp³-hybridized carbons (Fsp3) is 0.909. The lowest BCUT2D eigenvalue weighted by Gasteiger charge is -2.27. The molecule has 1 unspecified atom stereocenters. The molecular weight excluding hydrogens is 194 g/mol. The van der Waals surface area contributed by atoms with Gasteiger partial charge in [-0.1, -0.05) is 6.92 Å². The summed E-state index contributed by atoms with van der Waals surface area (Å²) in [6, 6.07) is 0. The second-order valence-corrected chi connectivity index (χ2v) is 4.62. The van der Waals surface area contributed by atoms with Gasteiger partial charge in [0.1, 0.15) is 5.54 Å². The highest BCUT2D eigenvalue weighted by molar-refractivity contribution is 5.79. The Morgan fingerprint density at radius 1 is 1.33 bits per heavy atom. The first-order valence-electron chi connectivity index (χ1n) is 5.26. The van der Waals surface area contributed by atoms with Gasteiger partial charge in [0.25, 0.3) is 0 Å². The SMILES string of the molecule is CCC(C)(C)OCCC(C)(N)C(=O)OC. The number of hydrogen-bond donors (Lipinski definition) is 1. The van der Waals surface area contributed by atoms with Gasteiger partial charge in [-0.2, -0.15) is 0 Å². The van der Waals surface area contributed by atoms with E-state index in [4.69, 9.17) is 10.5 Å². The van der Waals surface area contributed by atoms with E-state index in [0.717, 1.165) is 6.42 Å². The lowest BCUT2D eigenvalue weighted by Crippen LogP contribution is -2.47. The highest BCUT2D eigenvalue weighted by Crippen LogP contribution is 2.16. The van der Waals surface area contributed by atoms with E-state index in [1.54, 1.807) is 6.92 Å². The van der Waals surface area contributed by atoms with Crippen LogP contribution in [0, 0.1) is 0 Å². The summed E-state index contributed by atoms with van der Waals surface area (Å²) < 4.78 is 10.2. The monoisotopic (exact) mass is 217 g/mol. The molecule has 15 heavy (non-hydrogen) atoms. The summed E-state index contributed by atoms with van der Waals surface area (Å²) in [6.07, 6.45) is 1.38. The zero-order valence-electron chi connectivity index (χ0n) is 10.4. The van der Waals surface area contributed by atoms with Crippen LogP contribution in [0.4, 0.5) is 0 Å². The van der Waals surface area contributed by atoms with Gasteiger partial charge in [0, 0.05) is 6.61 Å². The number of ether oxygens (including phenoxy) is 2. The van der Waals surface area contributed by atoms with E-state index in [1.807, 2.05) is 13.8 Å². The van der Waals surface area contributed by atoms with Crippen molar-refractivity contribution in [1.82, 2.24) is 0 Å². The highest BCUT2D eigenvalue weighted by atomic mass is 16.5. The Bertz CT molecular complexity index is 212. The molecule has 90 valence electrons. The van der Waals surface area contributed by atoms with Crippen LogP contribution in [0.2, 0.25) is 0 Å². The molecule has 0 radical (unpaired) electrons. The number of carbonyl (C=O) groups excluding carboxylic acids is 1. The molecule has 1 atom stereocenters. The second kappa shape index (κ2) is 5.47. The van der Waals surface area contributed by atoms with Crippen LogP contribution < -0.4 is 5.73 Å². The number of nitrogens with two attached hydrogens (primary N) is 1. The highest BCUT2D eigenvalue weighted by Gasteiger charge is 2.29. The molecule has 0 aliphatic carbocycles. The van der Waals surface area contributed by atoms with E-state index in [1.165, 1.54) is 7.11 Å². The Kier molecular flexibility index (Phi) is 5.24. The largest absolute Gasteiger partial charge is 0.468 e. The molecule has 0 aliphatic heterocycles. The van der Waals surface area contributed by atoms with E-state index in [2.05, 4.69) is 11.7 Å². The zero-order chi connectivity index (χ0) is 12.1. The number of carbonyl (C=O) groups is 1. The van der Waals surface area contributed by atoms with Crippen LogP contribution in [-0.4, -0.2) is 30.8 Å². The van der Waals surface area contributed by atoms with Crippen molar-refractivity contribution >= 4 is 5.97 Å². The summed E-state index contributed by atoms with van der Waals surface area (Å²) >= 11 is 0. The summed E-state index contributed by atoms with van der Waals surface area (Å²) in [5, 5.41) is 0. The van der Waals surface area contributed by atoms with Gasteiger partial charge in [-0.3, -0.25) is 4.79 Å². The van der Waals surface area contributed by atoms with Gasteiger partial charge < -0.3 is 15.2 Å². The topological polar surface area (TPSA) is 61.5 Å². The number of esters is 1. The summed E-state index contributed by atoms with van der Waals surface area (Å²) in [7, 11) is 1.34. The first-order valence-corrected chi connectivity index (χ1v) is 5.26. The lowest BCUT2D eigenvalue weighted by molar-refractivity contribution is -0.147. The summed E-state index contributed by atoms with van der Waals surface area (Å²) in [4.78, 5) is 11.3. The second-order valence-electron chi connectivity index (χ2n) is 4.62. The van der Waals surface area contributed by atoms with Gasteiger partial charge in [-0.05, 0) is 33.6 Å². The minimum absolute atomic E-state index is 0.161. The zero-order valence-corrected chi connectivity index (χ0v) is 10.4. The molecule has 0 spiro atoms. The standard InChI is InChI=1S/C11H23NO3/c1-6-10(2,3)15-8-7-11(4,12)9(13)14-5/h6-8,12H2,1-5H3. The Balaban J connectivity index is 4.00. The smallest absolute Gasteiger partial charge is 0.325 e. The number of rotatable bonds is 6. The van der Waals surface area contributed by atoms with Crippen molar-refractivity contribution in [2.45, 2.75) is 51.7 Å². The third kappa shape index (κ3) is 5.14. The minimum Gasteiger partial charge on any atom is -0.468 e. The van der Waals surface area contributed by atoms with Crippen LogP contribution in [0.1, 0.15) is 40.5 Å². The van der Waals surface area contributed by atoms with E-state index in [-0.39, 0.29) is 5.60 Å². The first-order chi connectivity index (χ1) is 6.75. The maximum absolute atomic E-state index is 11.3. The minimum atomic E-state index is -0.960. The van der Waals surface area contributed by atoms with E-state index in [9.17, 15) is 4.79 Å². The first kappa shape index (κ1) is 14.4. The third-order valence-corrected chi connectivity index (χ3v) is 2.62. The van der Waals surface area contributed by atoms with Gasteiger partial charge in [-0.15, -0.1) is 0 Å². The molecular formula is C11H23NO3. The molecule has 0 heterocycles. The fourth-order valence-electron chi connectivity index (χ4n) is 0.977. The Morgan fingerprint density at radius 3 is 2.27 bits per heavy atom. The molecule has 0 fully saturated rings. The molecule has 2 N–H and O–H groups in total. The average molecular weight is 217 g/mol. The maximum atomic E-state index is 11.3. The van der Waals surface area contributed by atoms with Gasteiger partial charge in [0.05, 0.1) is 12.7 Å². The molecule has 4 nitrogen and oxygen atoms in total. The Labute approximate surface area is 92.1 Å². The lowest BCUT2D eigenvalue weighted by atomic mass is 10.00. The maximum Gasteiger partial charge on any atom is 0.325 e. The van der Waals surface area contributed by atoms with Crippen molar-refractivity contribution < 1.29 is 14.3 Å².